The van der Waals surface area contributed by atoms with Gasteiger partial charge in [0.1, 0.15) is 34.9 Å². The Morgan fingerprint density at radius 3 is 0.646 bits per heavy atom. The van der Waals surface area contributed by atoms with Crippen LogP contribution in [0.25, 0.3) is 0 Å². The maximum Gasteiger partial charge on any atom is 0.283 e. The molecule has 6 aromatic heterocycles. The van der Waals surface area contributed by atoms with E-state index in [-0.39, 0.29) is 0 Å². The van der Waals surface area contributed by atoms with Gasteiger partial charge in [0.2, 0.25) is 0 Å². The molecule has 0 spiro atoms. The summed E-state index contributed by atoms with van der Waals surface area (Å²) in [7, 11) is -9.80. The highest BCUT2D eigenvalue weighted by Gasteiger charge is 2.47. The van der Waals surface area contributed by atoms with Crippen molar-refractivity contribution in [3.8, 4) is 0 Å². The van der Waals surface area contributed by atoms with Crippen molar-refractivity contribution >= 4 is 22.5 Å². The Morgan fingerprint density at radius 2 is 0.500 bits per heavy atom. The molecular weight excluding hydrogens is 663 g/mol. The molecule has 252 valence electrons. The number of imidazole rings is 6. The van der Waals surface area contributed by atoms with E-state index in [0.717, 1.165) is 34.9 Å². The fourth-order valence-corrected chi connectivity index (χ4v) is 20.8. The molecule has 0 radical (unpaired) electrons. The molecule has 0 aromatic carbocycles. The molecule has 0 amide bonds. The Labute approximate surface area is 280 Å². The maximum absolute atomic E-state index is 6.12. The molecule has 0 atom stereocenters. The van der Waals surface area contributed by atoms with Crippen LogP contribution in [0, 0.1) is 0 Å². The second-order valence-corrected chi connectivity index (χ2v) is 19.1. The molecule has 0 bridgehead atoms. The summed E-state index contributed by atoms with van der Waals surface area (Å²) in [6.07, 6.45) is 27.4. The number of hydrogen-bond acceptors (Lipinski definition) is 9. The average molecular weight is 706 g/mol. The van der Waals surface area contributed by atoms with E-state index in [9.17, 15) is 0 Å². The highest BCUT2D eigenvalue weighted by molar-refractivity contribution is 7.84. The third-order valence-electron chi connectivity index (χ3n) is 8.53. The van der Waals surface area contributed by atoms with Crippen molar-refractivity contribution in [3.05, 3.63) is 109 Å². The van der Waals surface area contributed by atoms with Crippen LogP contribution in [0.15, 0.2) is 87.9 Å². The van der Waals surface area contributed by atoms with E-state index < -0.39 is 22.5 Å². The van der Waals surface area contributed by atoms with E-state index >= 15 is 0 Å². The Hall–Kier alpha value is -4.05. The van der Waals surface area contributed by atoms with Crippen LogP contribution >= 0.6 is 22.5 Å². The molecule has 1 aliphatic heterocycles. The minimum absolute atomic E-state index is 0.692. The summed E-state index contributed by atoms with van der Waals surface area (Å²) >= 11 is 0. The van der Waals surface area contributed by atoms with Crippen LogP contribution in [0.1, 0.15) is 76.5 Å². The van der Waals surface area contributed by atoms with Crippen molar-refractivity contribution in [2.75, 3.05) is 0 Å². The van der Waals surface area contributed by atoms with Crippen LogP contribution in [0.4, 0.5) is 0 Å². The highest BCUT2D eigenvalue weighted by atomic mass is 31.3. The van der Waals surface area contributed by atoms with Crippen LogP contribution in [0.3, 0.4) is 0 Å². The monoisotopic (exact) mass is 705 g/mol. The van der Waals surface area contributed by atoms with E-state index in [2.05, 4.69) is 67.6 Å². The lowest BCUT2D eigenvalue weighted by Gasteiger charge is -2.39. The summed E-state index contributed by atoms with van der Waals surface area (Å²) < 4.78 is 31.6. The predicted octanol–water partition coefficient (Wildman–Crippen LogP) is 7.68. The van der Waals surface area contributed by atoms with Crippen LogP contribution in [0.5, 0.6) is 0 Å². The highest BCUT2D eigenvalue weighted by Crippen LogP contribution is 2.80. The topological polar surface area (TPSA) is 144 Å². The van der Waals surface area contributed by atoms with Gasteiger partial charge < -0.3 is 0 Å². The SMILES string of the molecule is CCc1nccn1P1(n2ccnc2CC)=NP(n2ccnc2CC)(n2ccnc2CC)=NP(n2ccnc2CC)(n2ccnc2CC)=N1. The zero-order valence-corrected chi connectivity index (χ0v) is 30.9. The molecule has 1 aliphatic rings. The summed E-state index contributed by atoms with van der Waals surface area (Å²) in [5.41, 5.74) is 0. The Morgan fingerprint density at radius 1 is 0.333 bits per heavy atom. The Balaban J connectivity index is 1.86. The standard InChI is InChI=1S/C30H42N15P3/c1-7-25-31-13-19-40(25)46(41-20-14-32-26(41)8-2)37-47(42-21-15-33-27(42)9-3,43-22-16-34-28(43)10-4)39-48(38-46,44-23-17-35-29(44)11-5)45-24-18-36-30(45)12-6/h13-24H,7-12H2,1-6H3. The van der Waals surface area contributed by atoms with E-state index in [1.807, 2.05) is 74.4 Å². The largest absolute Gasteiger partial charge is 0.283 e. The number of aryl methyl sites for hydroxylation is 6. The summed E-state index contributed by atoms with van der Waals surface area (Å²) in [6, 6.07) is 0. The van der Waals surface area contributed by atoms with Gasteiger partial charge in [-0.1, -0.05) is 41.5 Å². The van der Waals surface area contributed by atoms with Crippen LogP contribution in [-0.2, 0) is 38.5 Å². The normalized spacial score (nSPS) is 16.4. The summed E-state index contributed by atoms with van der Waals surface area (Å²) in [5, 5.41) is 0. The quantitative estimate of drug-likeness (QED) is 0.120. The van der Waals surface area contributed by atoms with Gasteiger partial charge in [-0.05, 0) is 0 Å². The van der Waals surface area contributed by atoms with E-state index in [1.165, 1.54) is 0 Å². The van der Waals surface area contributed by atoms with E-state index in [4.69, 9.17) is 43.5 Å². The predicted molar refractivity (Wildman–Crippen MR) is 190 cm³/mol. The first kappa shape index (κ1) is 32.5. The van der Waals surface area contributed by atoms with Crippen molar-refractivity contribution in [1.82, 2.24) is 55.9 Å². The molecule has 0 N–H and O–H groups in total. The van der Waals surface area contributed by atoms with Gasteiger partial charge in [-0.2, -0.15) is 13.5 Å². The number of nitrogens with zero attached hydrogens (tertiary/aromatic N) is 15. The molecule has 48 heavy (non-hydrogen) atoms. The second kappa shape index (κ2) is 12.8. The minimum atomic E-state index is -3.27. The fourth-order valence-electron chi connectivity index (χ4n) is 6.32. The zero-order chi connectivity index (χ0) is 33.5. The van der Waals surface area contributed by atoms with Gasteiger partial charge >= 0.3 is 0 Å². The van der Waals surface area contributed by atoms with E-state index in [1.54, 1.807) is 0 Å². The summed E-state index contributed by atoms with van der Waals surface area (Å²) in [5.74, 6) is 5.31. The zero-order valence-electron chi connectivity index (χ0n) is 28.2. The molecule has 0 unspecified atom stereocenters. The third-order valence-corrected chi connectivity index (χ3v) is 19.9. The van der Waals surface area contributed by atoms with Crippen molar-refractivity contribution in [1.29, 1.82) is 0 Å². The first-order valence-electron chi connectivity index (χ1n) is 16.5. The van der Waals surface area contributed by atoms with Crippen LogP contribution in [0.2, 0.25) is 0 Å². The second-order valence-electron chi connectivity index (χ2n) is 11.1. The molecule has 0 saturated carbocycles. The van der Waals surface area contributed by atoms with Crippen molar-refractivity contribution in [3.63, 3.8) is 0 Å². The van der Waals surface area contributed by atoms with Gasteiger partial charge in [-0.25, -0.2) is 29.9 Å². The van der Waals surface area contributed by atoms with Crippen LogP contribution in [-0.4, -0.2) is 55.9 Å². The molecule has 6 aromatic rings. The Kier molecular flexibility index (Phi) is 8.64. The lowest BCUT2D eigenvalue weighted by Crippen LogP contribution is -2.19. The van der Waals surface area contributed by atoms with Crippen molar-refractivity contribution < 1.29 is 0 Å². The molecule has 0 fully saturated rings. The van der Waals surface area contributed by atoms with Gasteiger partial charge in [0, 0.05) is 113 Å². The molecule has 7 rings (SSSR count). The maximum atomic E-state index is 6.12. The van der Waals surface area contributed by atoms with Gasteiger partial charge in [0.15, 0.2) is 0 Å². The lowest BCUT2D eigenvalue weighted by atomic mass is 10.5. The van der Waals surface area contributed by atoms with Gasteiger partial charge in [-0.3, -0.25) is 26.0 Å². The van der Waals surface area contributed by atoms with Gasteiger partial charge in [0.25, 0.3) is 22.5 Å². The van der Waals surface area contributed by atoms with Gasteiger partial charge in [0.05, 0.1) is 0 Å². The van der Waals surface area contributed by atoms with Crippen molar-refractivity contribution in [2.45, 2.75) is 80.1 Å². The summed E-state index contributed by atoms with van der Waals surface area (Å²) in [4.78, 5) is 29.1. The molecule has 7 heterocycles. The Bertz CT molecular complexity index is 1830. The summed E-state index contributed by atoms with van der Waals surface area (Å²) in [6.45, 7) is 12.7. The smallest absolute Gasteiger partial charge is 0.266 e. The first-order valence-corrected chi connectivity index (χ1v) is 21.3. The molecule has 0 aliphatic carbocycles. The minimum Gasteiger partial charge on any atom is -0.266 e. The average Bonchev–Trinajstić information content (AvgIpc) is 3.97. The lowest BCUT2D eigenvalue weighted by molar-refractivity contribution is 0.871. The first-order chi connectivity index (χ1) is 23.4. The number of rotatable bonds is 12. The molecule has 15 nitrogen and oxygen atoms in total. The fraction of sp³-hybridized carbons (Fsp3) is 0.400. The number of aromatic nitrogens is 12. The molecule has 18 heteroatoms. The van der Waals surface area contributed by atoms with Crippen LogP contribution < -0.4 is 0 Å². The van der Waals surface area contributed by atoms with Crippen molar-refractivity contribution in [2.24, 2.45) is 13.5 Å². The molecular formula is C30H42N15P3. The molecule has 0 saturated heterocycles. The van der Waals surface area contributed by atoms with Gasteiger partial charge in [-0.15, -0.1) is 0 Å². The number of hydrogen-bond donors (Lipinski definition) is 0. The third kappa shape index (κ3) is 4.73. The van der Waals surface area contributed by atoms with E-state index in [0.29, 0.717) is 38.5 Å².